The lowest BCUT2D eigenvalue weighted by Gasteiger charge is -2.37. The molecule has 0 spiro atoms. The summed E-state index contributed by atoms with van der Waals surface area (Å²) in [6.07, 6.45) is 8.76. The third-order valence-corrected chi connectivity index (χ3v) is 3.08. The fraction of sp³-hybridized carbons (Fsp3) is 0.818. The highest BCUT2D eigenvalue weighted by Gasteiger charge is 2.33. The maximum absolute atomic E-state index is 10.0. The summed E-state index contributed by atoms with van der Waals surface area (Å²) < 4.78 is 0. The Bertz CT molecular complexity index is 149. The third-order valence-electron chi connectivity index (χ3n) is 3.08. The van der Waals surface area contributed by atoms with Crippen molar-refractivity contribution >= 4 is 0 Å². The van der Waals surface area contributed by atoms with E-state index in [2.05, 4.69) is 6.58 Å². The summed E-state index contributed by atoms with van der Waals surface area (Å²) in [5.74, 6) is 0.504. The van der Waals surface area contributed by atoms with Gasteiger partial charge in [-0.15, -0.1) is 6.58 Å². The lowest BCUT2D eigenvalue weighted by molar-refractivity contribution is -0.0344. The van der Waals surface area contributed by atoms with E-state index in [0.717, 1.165) is 19.3 Å². The number of rotatable bonds is 3. The number of aliphatic hydroxyl groups is 1. The van der Waals surface area contributed by atoms with Crippen LogP contribution in [0.15, 0.2) is 12.7 Å². The summed E-state index contributed by atoms with van der Waals surface area (Å²) in [5.41, 5.74) is -0.402. The molecule has 1 fully saturated rings. The summed E-state index contributed by atoms with van der Waals surface area (Å²) in [6, 6.07) is 0. The average molecular weight is 168 g/mol. The van der Waals surface area contributed by atoms with Gasteiger partial charge in [-0.3, -0.25) is 0 Å². The van der Waals surface area contributed by atoms with Gasteiger partial charge in [0.2, 0.25) is 0 Å². The van der Waals surface area contributed by atoms with E-state index in [4.69, 9.17) is 0 Å². The molecular weight excluding hydrogens is 148 g/mol. The van der Waals surface area contributed by atoms with Gasteiger partial charge in [0.25, 0.3) is 0 Å². The largest absolute Gasteiger partial charge is 0.390 e. The van der Waals surface area contributed by atoms with Crippen molar-refractivity contribution in [2.75, 3.05) is 0 Å². The van der Waals surface area contributed by atoms with Crippen molar-refractivity contribution in [3.05, 3.63) is 12.7 Å². The van der Waals surface area contributed by atoms with Crippen LogP contribution >= 0.6 is 0 Å². The predicted molar refractivity (Wildman–Crippen MR) is 52.0 cm³/mol. The summed E-state index contributed by atoms with van der Waals surface area (Å²) in [6.45, 7) is 5.70. The minimum atomic E-state index is -0.402. The molecule has 1 aliphatic carbocycles. The van der Waals surface area contributed by atoms with Gasteiger partial charge in [-0.1, -0.05) is 18.9 Å². The normalized spacial score (nSPS) is 36.3. The topological polar surface area (TPSA) is 20.2 Å². The van der Waals surface area contributed by atoms with E-state index in [9.17, 15) is 5.11 Å². The predicted octanol–water partition coefficient (Wildman–Crippen LogP) is 2.89. The van der Waals surface area contributed by atoms with Gasteiger partial charge in [-0.05, 0) is 38.5 Å². The molecule has 0 aromatic rings. The molecule has 0 saturated heterocycles. The van der Waals surface area contributed by atoms with Crippen molar-refractivity contribution in [2.24, 2.45) is 5.92 Å². The molecule has 1 N–H and O–H groups in total. The Labute approximate surface area is 75.5 Å². The van der Waals surface area contributed by atoms with Gasteiger partial charge in [-0.2, -0.15) is 0 Å². The monoisotopic (exact) mass is 168 g/mol. The highest BCUT2D eigenvalue weighted by molar-refractivity contribution is 4.87. The molecule has 12 heavy (non-hydrogen) atoms. The first-order chi connectivity index (χ1) is 5.67. The summed E-state index contributed by atoms with van der Waals surface area (Å²) >= 11 is 0. The van der Waals surface area contributed by atoms with Crippen molar-refractivity contribution in [2.45, 2.75) is 51.0 Å². The Hall–Kier alpha value is -0.300. The molecule has 0 heterocycles. The average Bonchev–Trinajstić information content (AvgIpc) is 2.02. The van der Waals surface area contributed by atoms with E-state index in [1.165, 1.54) is 19.3 Å². The Morgan fingerprint density at radius 3 is 2.92 bits per heavy atom. The van der Waals surface area contributed by atoms with Crippen LogP contribution < -0.4 is 0 Å². The van der Waals surface area contributed by atoms with Crippen LogP contribution in [0.25, 0.3) is 0 Å². The van der Waals surface area contributed by atoms with E-state index in [-0.39, 0.29) is 0 Å². The maximum atomic E-state index is 10.0. The molecule has 0 aliphatic heterocycles. The Kier molecular flexibility index (Phi) is 3.33. The molecule has 70 valence electrons. The number of allylic oxidation sites excluding steroid dienone is 1. The van der Waals surface area contributed by atoms with Crippen LogP contribution in [0.4, 0.5) is 0 Å². The lowest BCUT2D eigenvalue weighted by atomic mass is 9.74. The van der Waals surface area contributed by atoms with E-state index in [0.29, 0.717) is 5.92 Å². The molecule has 0 bridgehead atoms. The van der Waals surface area contributed by atoms with Crippen LogP contribution in [0.3, 0.4) is 0 Å². The highest BCUT2D eigenvalue weighted by atomic mass is 16.3. The van der Waals surface area contributed by atoms with Crippen LogP contribution in [0.2, 0.25) is 0 Å². The number of hydrogen-bond acceptors (Lipinski definition) is 1. The quantitative estimate of drug-likeness (QED) is 0.642. The van der Waals surface area contributed by atoms with Crippen LogP contribution in [-0.4, -0.2) is 10.7 Å². The first kappa shape index (κ1) is 9.79. The van der Waals surface area contributed by atoms with Crippen molar-refractivity contribution in [1.29, 1.82) is 0 Å². The molecule has 1 aliphatic rings. The molecule has 1 heteroatoms. The second-order valence-corrected chi connectivity index (χ2v) is 4.17. The van der Waals surface area contributed by atoms with E-state index in [1.807, 2.05) is 13.0 Å². The van der Waals surface area contributed by atoms with Gasteiger partial charge >= 0.3 is 0 Å². The Morgan fingerprint density at radius 1 is 1.58 bits per heavy atom. The molecule has 0 radical (unpaired) electrons. The minimum Gasteiger partial charge on any atom is -0.390 e. The molecule has 0 aromatic carbocycles. The SMILES string of the molecule is C=CCC[C@H]1CCCC[C@]1(C)O. The van der Waals surface area contributed by atoms with Gasteiger partial charge < -0.3 is 5.11 Å². The summed E-state index contributed by atoms with van der Waals surface area (Å²) in [4.78, 5) is 0. The van der Waals surface area contributed by atoms with Crippen molar-refractivity contribution in [1.82, 2.24) is 0 Å². The molecule has 1 saturated carbocycles. The standard InChI is InChI=1S/C11H20O/c1-3-4-7-10-8-5-6-9-11(10,2)12/h3,10,12H,1,4-9H2,2H3/t10-,11-/m0/s1. The fourth-order valence-corrected chi connectivity index (χ4v) is 2.16. The smallest absolute Gasteiger partial charge is 0.0647 e. The van der Waals surface area contributed by atoms with Gasteiger partial charge in [0.15, 0.2) is 0 Å². The number of hydrogen-bond donors (Lipinski definition) is 1. The van der Waals surface area contributed by atoms with Crippen LogP contribution in [0.5, 0.6) is 0 Å². The van der Waals surface area contributed by atoms with E-state index < -0.39 is 5.60 Å². The zero-order chi connectivity index (χ0) is 9.03. The Morgan fingerprint density at radius 2 is 2.33 bits per heavy atom. The zero-order valence-corrected chi connectivity index (χ0v) is 8.05. The fourth-order valence-electron chi connectivity index (χ4n) is 2.16. The first-order valence-corrected chi connectivity index (χ1v) is 5.00. The molecule has 0 aromatic heterocycles. The molecule has 1 rings (SSSR count). The van der Waals surface area contributed by atoms with Crippen LogP contribution in [0, 0.1) is 5.92 Å². The van der Waals surface area contributed by atoms with Crippen molar-refractivity contribution in [3.8, 4) is 0 Å². The molecule has 0 unspecified atom stereocenters. The van der Waals surface area contributed by atoms with E-state index >= 15 is 0 Å². The van der Waals surface area contributed by atoms with Gasteiger partial charge in [0.05, 0.1) is 5.60 Å². The van der Waals surface area contributed by atoms with Gasteiger partial charge in [0, 0.05) is 0 Å². The van der Waals surface area contributed by atoms with Gasteiger partial charge in [-0.25, -0.2) is 0 Å². The van der Waals surface area contributed by atoms with Crippen LogP contribution in [0.1, 0.15) is 45.4 Å². The molecular formula is C11H20O. The first-order valence-electron chi connectivity index (χ1n) is 5.00. The van der Waals surface area contributed by atoms with Crippen molar-refractivity contribution < 1.29 is 5.11 Å². The Balaban J connectivity index is 2.42. The molecule has 2 atom stereocenters. The second-order valence-electron chi connectivity index (χ2n) is 4.17. The summed E-state index contributed by atoms with van der Waals surface area (Å²) in [5, 5.41) is 10.0. The molecule has 0 amide bonds. The van der Waals surface area contributed by atoms with Gasteiger partial charge in [0.1, 0.15) is 0 Å². The lowest BCUT2D eigenvalue weighted by Crippen LogP contribution is -2.37. The van der Waals surface area contributed by atoms with E-state index in [1.54, 1.807) is 0 Å². The van der Waals surface area contributed by atoms with Crippen molar-refractivity contribution in [3.63, 3.8) is 0 Å². The zero-order valence-electron chi connectivity index (χ0n) is 8.05. The molecule has 1 nitrogen and oxygen atoms in total. The third kappa shape index (κ3) is 2.34. The van der Waals surface area contributed by atoms with Crippen LogP contribution in [-0.2, 0) is 0 Å². The summed E-state index contributed by atoms with van der Waals surface area (Å²) in [7, 11) is 0. The second kappa shape index (κ2) is 4.08. The maximum Gasteiger partial charge on any atom is 0.0647 e. The highest BCUT2D eigenvalue weighted by Crippen LogP contribution is 2.36. The minimum absolute atomic E-state index is 0.402.